The molecule has 1 aromatic heterocycles. The average Bonchev–Trinajstić information content (AvgIpc) is 2.87. The second kappa shape index (κ2) is 13.8. The van der Waals surface area contributed by atoms with Crippen molar-refractivity contribution < 1.29 is 44.2 Å². The quantitative estimate of drug-likeness (QED) is 0.189. The highest BCUT2D eigenvalue weighted by Gasteiger charge is 2.44. The van der Waals surface area contributed by atoms with E-state index in [0.29, 0.717) is 12.0 Å². The smallest absolute Gasteiger partial charge is 0.382 e. The third-order valence-corrected chi connectivity index (χ3v) is 6.40. The first kappa shape index (κ1) is 28.2. The lowest BCUT2D eigenvalue weighted by Crippen LogP contribution is -2.60. The molecular weight excluding hydrogens is 472 g/mol. The molecule has 5 atom stereocenters. The van der Waals surface area contributed by atoms with Crippen molar-refractivity contribution in [2.75, 3.05) is 13.2 Å². The molecule has 0 bridgehead atoms. The van der Waals surface area contributed by atoms with Crippen molar-refractivity contribution >= 4 is 11.0 Å². The topological polar surface area (TPSA) is 159 Å². The van der Waals surface area contributed by atoms with E-state index in [1.165, 1.54) is 56.7 Å². The standard InChI is InChI=1S/C26H38O10/c1-2-3-4-5-6-7-8-9-10-13-33-24-17-12-11-16(14-18(17)35-25(32)23(24)31)34-26-22(30)21(29)20(28)19(15-27)36-26/h11-12,14,19-22,26-31H,2-10,13,15H2,1H3/t19-,20-,21+,22+,26+/m1/s1. The maximum atomic E-state index is 12.2. The Labute approximate surface area is 210 Å². The van der Waals surface area contributed by atoms with Crippen molar-refractivity contribution in [1.29, 1.82) is 0 Å². The van der Waals surface area contributed by atoms with Crippen LogP contribution in [0.5, 0.6) is 17.2 Å². The Bertz CT molecular complexity index is 1000. The fourth-order valence-electron chi connectivity index (χ4n) is 4.25. The normalized spacial score (nSPS) is 24.2. The third kappa shape index (κ3) is 7.10. The van der Waals surface area contributed by atoms with Crippen LogP contribution in [0.1, 0.15) is 64.7 Å². The molecule has 202 valence electrons. The molecule has 0 amide bonds. The van der Waals surface area contributed by atoms with Crippen molar-refractivity contribution in [1.82, 2.24) is 0 Å². The summed E-state index contributed by atoms with van der Waals surface area (Å²) >= 11 is 0. The van der Waals surface area contributed by atoms with Gasteiger partial charge in [-0.25, -0.2) is 4.79 Å². The van der Waals surface area contributed by atoms with Gasteiger partial charge in [-0.1, -0.05) is 58.3 Å². The Kier molecular flexibility index (Phi) is 10.8. The van der Waals surface area contributed by atoms with Crippen LogP contribution < -0.4 is 15.1 Å². The molecule has 10 nitrogen and oxygen atoms in total. The van der Waals surface area contributed by atoms with Crippen molar-refractivity contribution in [2.24, 2.45) is 0 Å². The number of unbranched alkanes of at least 4 members (excludes halogenated alkanes) is 8. The van der Waals surface area contributed by atoms with Crippen LogP contribution in [0.4, 0.5) is 0 Å². The number of hydrogen-bond donors (Lipinski definition) is 5. The van der Waals surface area contributed by atoms with E-state index >= 15 is 0 Å². The molecule has 0 unspecified atom stereocenters. The molecule has 1 aromatic carbocycles. The summed E-state index contributed by atoms with van der Waals surface area (Å²) in [5.74, 6) is -0.452. The van der Waals surface area contributed by atoms with E-state index in [-0.39, 0.29) is 17.1 Å². The van der Waals surface area contributed by atoms with Gasteiger partial charge >= 0.3 is 5.63 Å². The predicted octanol–water partition coefficient (Wildman–Crippen LogP) is 2.59. The summed E-state index contributed by atoms with van der Waals surface area (Å²) in [5.41, 5.74) is -0.878. The SMILES string of the molecule is CCCCCCCCCCCOc1c(O)c(=O)oc2cc(O[C@H]3O[C@H](CO)[C@@H](O)[C@H](O)[C@@H]3O)ccc12. The fourth-order valence-corrected chi connectivity index (χ4v) is 4.25. The molecule has 0 aliphatic carbocycles. The number of hydrogen-bond acceptors (Lipinski definition) is 10. The maximum absolute atomic E-state index is 12.2. The lowest BCUT2D eigenvalue weighted by atomic mass is 9.99. The number of aromatic hydroxyl groups is 1. The van der Waals surface area contributed by atoms with Crippen LogP contribution >= 0.6 is 0 Å². The molecule has 0 radical (unpaired) electrons. The zero-order valence-corrected chi connectivity index (χ0v) is 20.7. The minimum atomic E-state index is -1.59. The average molecular weight is 511 g/mol. The van der Waals surface area contributed by atoms with Crippen molar-refractivity contribution in [3.63, 3.8) is 0 Å². The zero-order valence-electron chi connectivity index (χ0n) is 20.7. The Morgan fingerprint density at radius 3 is 2.25 bits per heavy atom. The van der Waals surface area contributed by atoms with Gasteiger partial charge in [0.2, 0.25) is 12.0 Å². The van der Waals surface area contributed by atoms with Gasteiger partial charge in [-0.2, -0.15) is 0 Å². The fraction of sp³-hybridized carbons (Fsp3) is 0.654. The Morgan fingerprint density at radius 1 is 0.917 bits per heavy atom. The summed E-state index contributed by atoms with van der Waals surface area (Å²) in [6.45, 7) is 1.95. The first-order valence-electron chi connectivity index (χ1n) is 12.8. The maximum Gasteiger partial charge on any atom is 0.382 e. The molecule has 1 aliphatic rings. The number of aliphatic hydroxyl groups excluding tert-OH is 4. The van der Waals surface area contributed by atoms with Gasteiger partial charge in [0.1, 0.15) is 35.7 Å². The Morgan fingerprint density at radius 2 is 1.58 bits per heavy atom. The summed E-state index contributed by atoms with van der Waals surface area (Å²) in [6, 6.07) is 4.39. The van der Waals surface area contributed by atoms with E-state index in [4.69, 9.17) is 18.6 Å². The molecule has 0 spiro atoms. The molecule has 1 fully saturated rings. The molecule has 1 aliphatic heterocycles. The van der Waals surface area contributed by atoms with E-state index in [1.807, 2.05) is 0 Å². The molecule has 0 saturated carbocycles. The minimum Gasteiger partial charge on any atom is -0.499 e. The second-order valence-corrected chi connectivity index (χ2v) is 9.22. The van der Waals surface area contributed by atoms with Crippen molar-refractivity contribution in [2.45, 2.75) is 95.4 Å². The summed E-state index contributed by atoms with van der Waals surface area (Å²) in [4.78, 5) is 12.2. The summed E-state index contributed by atoms with van der Waals surface area (Å²) < 4.78 is 21.8. The number of benzene rings is 1. The van der Waals surface area contributed by atoms with Crippen LogP contribution in [0.25, 0.3) is 11.0 Å². The van der Waals surface area contributed by atoms with Crippen LogP contribution in [-0.2, 0) is 4.74 Å². The summed E-state index contributed by atoms with van der Waals surface area (Å²) in [5, 5.41) is 49.9. The van der Waals surface area contributed by atoms with E-state index in [0.717, 1.165) is 19.3 Å². The number of rotatable bonds is 14. The van der Waals surface area contributed by atoms with Crippen LogP contribution in [0, 0.1) is 0 Å². The summed E-state index contributed by atoms with van der Waals surface area (Å²) in [7, 11) is 0. The molecular formula is C26H38O10. The zero-order chi connectivity index (χ0) is 26.1. The van der Waals surface area contributed by atoms with Gasteiger partial charge in [-0.3, -0.25) is 0 Å². The molecule has 36 heavy (non-hydrogen) atoms. The second-order valence-electron chi connectivity index (χ2n) is 9.22. The lowest BCUT2D eigenvalue weighted by molar-refractivity contribution is -0.277. The Hall–Kier alpha value is -2.37. The van der Waals surface area contributed by atoms with Gasteiger partial charge in [0.25, 0.3) is 0 Å². The van der Waals surface area contributed by atoms with Crippen molar-refractivity contribution in [3.8, 4) is 17.2 Å². The predicted molar refractivity (Wildman–Crippen MR) is 131 cm³/mol. The van der Waals surface area contributed by atoms with Crippen LogP contribution in [0.3, 0.4) is 0 Å². The summed E-state index contributed by atoms with van der Waals surface area (Å²) in [6.07, 6.45) is 3.21. The third-order valence-electron chi connectivity index (χ3n) is 6.40. The number of aliphatic hydroxyl groups is 4. The largest absolute Gasteiger partial charge is 0.499 e. The van der Waals surface area contributed by atoms with Crippen LogP contribution in [-0.4, -0.2) is 69.5 Å². The van der Waals surface area contributed by atoms with Gasteiger partial charge in [-0.15, -0.1) is 0 Å². The van der Waals surface area contributed by atoms with Crippen molar-refractivity contribution in [3.05, 3.63) is 28.6 Å². The number of ether oxygens (including phenoxy) is 3. The monoisotopic (exact) mass is 510 g/mol. The highest BCUT2D eigenvalue weighted by Crippen LogP contribution is 2.35. The molecule has 2 heterocycles. The highest BCUT2D eigenvalue weighted by molar-refractivity contribution is 5.86. The van der Waals surface area contributed by atoms with Gasteiger partial charge in [0.15, 0.2) is 5.75 Å². The van der Waals surface area contributed by atoms with Crippen LogP contribution in [0.2, 0.25) is 0 Å². The van der Waals surface area contributed by atoms with E-state index in [2.05, 4.69) is 6.92 Å². The van der Waals surface area contributed by atoms with Gasteiger partial charge in [0.05, 0.1) is 18.6 Å². The highest BCUT2D eigenvalue weighted by atomic mass is 16.7. The van der Waals surface area contributed by atoms with Gasteiger partial charge < -0.3 is 44.2 Å². The van der Waals surface area contributed by atoms with Gasteiger partial charge in [0, 0.05) is 6.07 Å². The van der Waals surface area contributed by atoms with E-state index in [1.54, 1.807) is 0 Å². The molecule has 2 aromatic rings. The van der Waals surface area contributed by atoms with E-state index < -0.39 is 48.7 Å². The first-order valence-corrected chi connectivity index (χ1v) is 12.8. The molecule has 1 saturated heterocycles. The molecule has 10 heteroatoms. The number of fused-ring (bicyclic) bond motifs is 1. The van der Waals surface area contributed by atoms with Crippen LogP contribution in [0.15, 0.2) is 27.4 Å². The molecule has 3 rings (SSSR count). The Balaban J connectivity index is 1.60. The molecule has 5 N–H and O–H groups in total. The first-order chi connectivity index (χ1) is 17.4. The van der Waals surface area contributed by atoms with Gasteiger partial charge in [-0.05, 0) is 18.6 Å². The minimum absolute atomic E-state index is 0.0280. The van der Waals surface area contributed by atoms with E-state index in [9.17, 15) is 30.3 Å². The lowest BCUT2D eigenvalue weighted by Gasteiger charge is -2.39.